The molecule has 1 N–H and O–H groups in total. The van der Waals surface area contributed by atoms with Gasteiger partial charge in [0.1, 0.15) is 0 Å². The van der Waals surface area contributed by atoms with Gasteiger partial charge in [0.2, 0.25) is 0 Å². The Morgan fingerprint density at radius 1 is 1.05 bits per heavy atom. The van der Waals surface area contributed by atoms with Crippen LogP contribution in [0.2, 0.25) is 0 Å². The summed E-state index contributed by atoms with van der Waals surface area (Å²) in [5.74, 6) is 1.76. The Morgan fingerprint density at radius 2 is 1.95 bits per heavy atom. The lowest BCUT2D eigenvalue weighted by atomic mass is 9.89. The molecule has 2 heteroatoms. The second-order valence-corrected chi connectivity index (χ2v) is 7.31. The fourth-order valence-electron chi connectivity index (χ4n) is 4.39. The number of hydrogen-bond donors (Lipinski definition) is 1. The van der Waals surface area contributed by atoms with E-state index in [2.05, 4.69) is 34.5 Å². The normalized spacial score (nSPS) is 30.7. The molecule has 3 fully saturated rings. The third-order valence-corrected chi connectivity index (χ3v) is 5.68. The molecule has 1 aliphatic carbocycles. The lowest BCUT2D eigenvalue weighted by Crippen LogP contribution is -2.43. The molecule has 1 saturated carbocycles. The average Bonchev–Trinajstić information content (AvgIpc) is 3.22. The van der Waals surface area contributed by atoms with E-state index < -0.39 is 0 Å². The van der Waals surface area contributed by atoms with Crippen LogP contribution in [0.5, 0.6) is 0 Å². The Bertz CT molecular complexity index is 474. The van der Waals surface area contributed by atoms with Crippen LogP contribution >= 0.6 is 0 Å². The molecule has 1 aromatic rings. The summed E-state index contributed by atoms with van der Waals surface area (Å²) in [4.78, 5) is 2.72. The fourth-order valence-corrected chi connectivity index (χ4v) is 4.39. The van der Waals surface area contributed by atoms with Gasteiger partial charge in [0.25, 0.3) is 0 Å². The first-order valence-corrected chi connectivity index (χ1v) is 8.94. The molecule has 21 heavy (non-hydrogen) atoms. The number of benzene rings is 1. The summed E-state index contributed by atoms with van der Waals surface area (Å²) in [5, 5.41) is 3.72. The van der Waals surface area contributed by atoms with Gasteiger partial charge in [-0.15, -0.1) is 0 Å². The van der Waals surface area contributed by atoms with Crippen molar-refractivity contribution < 1.29 is 0 Å². The van der Waals surface area contributed by atoms with Gasteiger partial charge in [0.15, 0.2) is 0 Å². The van der Waals surface area contributed by atoms with Crippen LogP contribution in [-0.2, 0) is 6.54 Å². The van der Waals surface area contributed by atoms with E-state index in [-0.39, 0.29) is 0 Å². The smallest absolute Gasteiger partial charge is 0.0236 e. The number of rotatable bonds is 4. The van der Waals surface area contributed by atoms with Crippen LogP contribution in [0.1, 0.15) is 55.6 Å². The maximum atomic E-state index is 3.72. The molecule has 2 unspecified atom stereocenters. The Balaban J connectivity index is 1.42. The molecule has 2 aliphatic heterocycles. The number of likely N-dealkylation sites (tertiary alicyclic amines) is 1. The van der Waals surface area contributed by atoms with E-state index in [9.17, 15) is 0 Å². The summed E-state index contributed by atoms with van der Waals surface area (Å²) in [7, 11) is 0. The van der Waals surface area contributed by atoms with E-state index in [0.717, 1.165) is 17.9 Å². The Kier molecular flexibility index (Phi) is 4.00. The highest BCUT2D eigenvalue weighted by Crippen LogP contribution is 2.42. The number of nitrogens with one attached hydrogen (secondary N) is 1. The van der Waals surface area contributed by atoms with Crippen molar-refractivity contribution in [2.45, 2.75) is 57.0 Å². The first-order valence-electron chi connectivity index (χ1n) is 8.94. The van der Waals surface area contributed by atoms with Crippen LogP contribution in [0.25, 0.3) is 0 Å². The van der Waals surface area contributed by atoms with Crippen molar-refractivity contribution in [1.82, 2.24) is 10.2 Å². The van der Waals surface area contributed by atoms with Crippen molar-refractivity contribution in [1.29, 1.82) is 0 Å². The molecule has 0 amide bonds. The zero-order valence-electron chi connectivity index (χ0n) is 13.1. The van der Waals surface area contributed by atoms with Gasteiger partial charge >= 0.3 is 0 Å². The van der Waals surface area contributed by atoms with Crippen LogP contribution in [0.15, 0.2) is 24.3 Å². The number of nitrogens with zero attached hydrogens (tertiary/aromatic N) is 1. The van der Waals surface area contributed by atoms with E-state index in [0.29, 0.717) is 0 Å². The molecular weight excluding hydrogens is 256 g/mol. The second-order valence-electron chi connectivity index (χ2n) is 7.31. The first kappa shape index (κ1) is 13.8. The summed E-state index contributed by atoms with van der Waals surface area (Å²) in [6.45, 7) is 5.01. The minimum absolute atomic E-state index is 0.798. The maximum absolute atomic E-state index is 3.72. The Morgan fingerprint density at radius 3 is 2.76 bits per heavy atom. The Labute approximate surface area is 128 Å². The molecule has 0 spiro atoms. The van der Waals surface area contributed by atoms with Gasteiger partial charge in [-0.25, -0.2) is 0 Å². The quantitative estimate of drug-likeness (QED) is 0.910. The van der Waals surface area contributed by atoms with Crippen LogP contribution in [0.3, 0.4) is 0 Å². The van der Waals surface area contributed by atoms with Crippen LogP contribution in [0.4, 0.5) is 0 Å². The molecule has 2 saturated heterocycles. The predicted octanol–water partition coefficient (Wildman–Crippen LogP) is 3.53. The van der Waals surface area contributed by atoms with Crippen LogP contribution < -0.4 is 5.32 Å². The molecule has 2 atom stereocenters. The first-order chi connectivity index (χ1) is 10.4. The van der Waals surface area contributed by atoms with Crippen molar-refractivity contribution >= 4 is 0 Å². The van der Waals surface area contributed by atoms with E-state index in [1.165, 1.54) is 64.7 Å². The minimum Gasteiger partial charge on any atom is -0.314 e. The fraction of sp³-hybridized carbons (Fsp3) is 0.684. The second kappa shape index (κ2) is 6.10. The molecule has 0 bridgehead atoms. The molecule has 3 aliphatic rings. The standard InChI is InChI=1S/C19H28N2/c1-2-7-18(15-9-10-15)16(5-1)13-21-12-4-6-17(14-21)19-8-3-11-20-19/h1-2,5,7,15,17,19-20H,3-4,6,8-14H2. The zero-order valence-corrected chi connectivity index (χ0v) is 13.1. The van der Waals surface area contributed by atoms with Crippen molar-refractivity contribution in [3.05, 3.63) is 35.4 Å². The van der Waals surface area contributed by atoms with Crippen molar-refractivity contribution in [2.24, 2.45) is 5.92 Å². The molecule has 4 rings (SSSR count). The van der Waals surface area contributed by atoms with Gasteiger partial charge < -0.3 is 5.32 Å². The highest BCUT2D eigenvalue weighted by molar-refractivity contribution is 5.33. The molecule has 114 valence electrons. The van der Waals surface area contributed by atoms with Gasteiger partial charge in [0.05, 0.1) is 0 Å². The number of piperidine rings is 1. The summed E-state index contributed by atoms with van der Waals surface area (Å²) < 4.78 is 0. The van der Waals surface area contributed by atoms with E-state index >= 15 is 0 Å². The molecule has 2 heterocycles. The van der Waals surface area contributed by atoms with Gasteiger partial charge in [-0.05, 0) is 74.6 Å². The topological polar surface area (TPSA) is 15.3 Å². The van der Waals surface area contributed by atoms with Crippen LogP contribution in [-0.4, -0.2) is 30.6 Å². The monoisotopic (exact) mass is 284 g/mol. The van der Waals surface area contributed by atoms with Gasteiger partial charge in [-0.1, -0.05) is 24.3 Å². The van der Waals surface area contributed by atoms with Gasteiger partial charge in [0, 0.05) is 19.1 Å². The summed E-state index contributed by atoms with van der Waals surface area (Å²) in [6.07, 6.45) is 8.41. The SMILES string of the molecule is c1ccc(C2CC2)c(CN2CCCC(C3CCCN3)C2)c1. The average molecular weight is 284 g/mol. The maximum Gasteiger partial charge on any atom is 0.0236 e. The van der Waals surface area contributed by atoms with Gasteiger partial charge in [-0.2, -0.15) is 0 Å². The highest BCUT2D eigenvalue weighted by atomic mass is 15.1. The van der Waals surface area contributed by atoms with E-state index in [1.807, 2.05) is 0 Å². The molecule has 0 aromatic heterocycles. The molecule has 1 aromatic carbocycles. The van der Waals surface area contributed by atoms with Crippen molar-refractivity contribution in [2.75, 3.05) is 19.6 Å². The van der Waals surface area contributed by atoms with Crippen molar-refractivity contribution in [3.8, 4) is 0 Å². The van der Waals surface area contributed by atoms with Crippen LogP contribution in [0, 0.1) is 5.92 Å². The number of hydrogen-bond acceptors (Lipinski definition) is 2. The summed E-state index contributed by atoms with van der Waals surface area (Å²) >= 11 is 0. The Hall–Kier alpha value is -0.860. The minimum atomic E-state index is 0.798. The summed E-state index contributed by atoms with van der Waals surface area (Å²) in [5.41, 5.74) is 3.23. The lowest BCUT2D eigenvalue weighted by Gasteiger charge is -2.36. The van der Waals surface area contributed by atoms with Crippen molar-refractivity contribution in [3.63, 3.8) is 0 Å². The lowest BCUT2D eigenvalue weighted by molar-refractivity contribution is 0.145. The third kappa shape index (κ3) is 3.17. The molecule has 0 radical (unpaired) electrons. The zero-order chi connectivity index (χ0) is 14.1. The predicted molar refractivity (Wildman–Crippen MR) is 87.4 cm³/mol. The molecular formula is C19H28N2. The van der Waals surface area contributed by atoms with E-state index in [4.69, 9.17) is 0 Å². The molecule has 2 nitrogen and oxygen atoms in total. The van der Waals surface area contributed by atoms with E-state index in [1.54, 1.807) is 11.1 Å². The highest BCUT2D eigenvalue weighted by Gasteiger charge is 2.30. The largest absolute Gasteiger partial charge is 0.314 e. The summed E-state index contributed by atoms with van der Waals surface area (Å²) in [6, 6.07) is 9.98. The third-order valence-electron chi connectivity index (χ3n) is 5.68. The van der Waals surface area contributed by atoms with Gasteiger partial charge in [-0.3, -0.25) is 4.90 Å².